The Labute approximate surface area is 94.8 Å². The molecule has 0 saturated carbocycles. The van der Waals surface area contributed by atoms with Crippen LogP contribution in [0.1, 0.15) is 39.5 Å². The van der Waals surface area contributed by atoms with E-state index in [0.29, 0.717) is 0 Å². The minimum atomic E-state index is 0.133. The summed E-state index contributed by atoms with van der Waals surface area (Å²) in [6.07, 6.45) is 5.68. The smallest absolute Gasteiger partial charge is 0.0169 e. The predicted octanol–water partition coefficient (Wildman–Crippen LogP) is 4.14. The fraction of sp³-hybridized carbons (Fsp3) is 0.571. The van der Waals surface area contributed by atoms with Gasteiger partial charge in [0.15, 0.2) is 0 Å². The van der Waals surface area contributed by atoms with Gasteiger partial charge in [0.1, 0.15) is 0 Å². The van der Waals surface area contributed by atoms with E-state index >= 15 is 0 Å². The van der Waals surface area contributed by atoms with Crippen LogP contribution in [0.25, 0.3) is 0 Å². The van der Waals surface area contributed by atoms with E-state index in [2.05, 4.69) is 44.2 Å². The molecule has 0 radical (unpaired) electrons. The van der Waals surface area contributed by atoms with Crippen LogP contribution in [-0.2, 0) is 0 Å². The van der Waals surface area contributed by atoms with Crippen LogP contribution < -0.4 is 5.30 Å². The lowest BCUT2D eigenvalue weighted by atomic mass is 10.1. The third kappa shape index (κ3) is 2.26. The summed E-state index contributed by atoms with van der Waals surface area (Å²) in [5.41, 5.74) is 1.99. The van der Waals surface area contributed by atoms with E-state index in [1.807, 2.05) is 0 Å². The minimum Gasteiger partial charge on any atom is -0.0690 e. The van der Waals surface area contributed by atoms with Crippen LogP contribution in [0, 0.1) is 0 Å². The molecule has 0 unspecified atom stereocenters. The zero-order valence-electron chi connectivity index (χ0n) is 9.82. The average Bonchev–Trinajstić information content (AvgIpc) is 2.72. The maximum atomic E-state index is 2.36. The number of hydrogen-bond acceptors (Lipinski definition) is 0. The van der Waals surface area contributed by atoms with E-state index in [1.165, 1.54) is 25.7 Å². The van der Waals surface area contributed by atoms with Crippen molar-refractivity contribution < 1.29 is 0 Å². The van der Waals surface area contributed by atoms with E-state index in [4.69, 9.17) is 0 Å². The predicted molar refractivity (Wildman–Crippen MR) is 70.4 cm³/mol. The monoisotopic (exact) mass is 220 g/mol. The highest BCUT2D eigenvalue weighted by molar-refractivity contribution is 7.67. The van der Waals surface area contributed by atoms with Crippen LogP contribution in [0.4, 0.5) is 0 Å². The molecule has 1 aromatic rings. The van der Waals surface area contributed by atoms with Gasteiger partial charge in [-0.2, -0.15) is 0 Å². The Balaban J connectivity index is 2.23. The number of rotatable bonds is 3. The van der Waals surface area contributed by atoms with Crippen LogP contribution in [-0.4, -0.2) is 11.3 Å². The van der Waals surface area contributed by atoms with Gasteiger partial charge in [0.05, 0.1) is 0 Å². The molecule has 0 bridgehead atoms. The molecule has 15 heavy (non-hydrogen) atoms. The van der Waals surface area contributed by atoms with Gasteiger partial charge in [-0.1, -0.05) is 52.1 Å². The summed E-state index contributed by atoms with van der Waals surface area (Å²) < 4.78 is 0. The SMILES string of the molecule is CC[C@@H]1CC[C@@H](CC)P1c1ccccc1. The van der Waals surface area contributed by atoms with Gasteiger partial charge in [-0.25, -0.2) is 0 Å². The summed E-state index contributed by atoms with van der Waals surface area (Å²) in [7, 11) is 0.133. The van der Waals surface area contributed by atoms with Crippen molar-refractivity contribution in [3.8, 4) is 0 Å². The molecule has 1 fully saturated rings. The normalized spacial score (nSPS) is 27.1. The van der Waals surface area contributed by atoms with E-state index in [-0.39, 0.29) is 7.92 Å². The zero-order valence-corrected chi connectivity index (χ0v) is 10.7. The highest BCUT2D eigenvalue weighted by Crippen LogP contribution is 2.56. The Bertz CT molecular complexity index is 281. The maximum Gasteiger partial charge on any atom is -0.0169 e. The average molecular weight is 220 g/mol. The molecular formula is C14H21P. The third-order valence-corrected chi connectivity index (χ3v) is 7.33. The molecule has 0 spiro atoms. The zero-order chi connectivity index (χ0) is 10.7. The van der Waals surface area contributed by atoms with Gasteiger partial charge in [0.25, 0.3) is 0 Å². The second-order valence-electron chi connectivity index (χ2n) is 4.44. The fourth-order valence-electron chi connectivity index (χ4n) is 2.78. The van der Waals surface area contributed by atoms with Crippen molar-refractivity contribution in [3.05, 3.63) is 30.3 Å². The lowest BCUT2D eigenvalue weighted by molar-refractivity contribution is 0.696. The second kappa shape index (κ2) is 5.12. The van der Waals surface area contributed by atoms with E-state index in [1.54, 1.807) is 5.30 Å². The molecule has 1 heterocycles. The lowest BCUT2D eigenvalue weighted by Crippen LogP contribution is -2.13. The first-order valence-corrected chi connectivity index (χ1v) is 7.68. The van der Waals surface area contributed by atoms with Crippen LogP contribution in [0.15, 0.2) is 30.3 Å². The van der Waals surface area contributed by atoms with Gasteiger partial charge in [0.2, 0.25) is 0 Å². The van der Waals surface area contributed by atoms with Crippen molar-refractivity contribution in [1.29, 1.82) is 0 Å². The quantitative estimate of drug-likeness (QED) is 0.671. The molecule has 1 aliphatic heterocycles. The summed E-state index contributed by atoms with van der Waals surface area (Å²) in [5, 5.41) is 1.64. The molecule has 1 aliphatic rings. The standard InChI is InChI=1S/C14H21P/c1-3-12-10-11-13(4-2)15(12)14-8-6-5-7-9-14/h5-9,12-13H,3-4,10-11H2,1-2H3/t12-,13-/m1/s1. The van der Waals surface area contributed by atoms with E-state index in [9.17, 15) is 0 Å². The molecule has 0 N–H and O–H groups in total. The van der Waals surface area contributed by atoms with Crippen LogP contribution >= 0.6 is 7.92 Å². The summed E-state index contributed by atoms with van der Waals surface area (Å²) in [5.74, 6) is 0. The van der Waals surface area contributed by atoms with Crippen molar-refractivity contribution in [2.24, 2.45) is 0 Å². The maximum absolute atomic E-state index is 2.36. The molecule has 2 atom stereocenters. The summed E-state index contributed by atoms with van der Waals surface area (Å²) in [4.78, 5) is 0. The van der Waals surface area contributed by atoms with Gasteiger partial charge in [-0.15, -0.1) is 0 Å². The largest absolute Gasteiger partial charge is 0.0690 e. The summed E-state index contributed by atoms with van der Waals surface area (Å²) >= 11 is 0. The molecule has 0 nitrogen and oxygen atoms in total. The fourth-order valence-corrected chi connectivity index (χ4v) is 6.38. The van der Waals surface area contributed by atoms with Crippen molar-refractivity contribution in [1.82, 2.24) is 0 Å². The van der Waals surface area contributed by atoms with Crippen molar-refractivity contribution in [2.45, 2.75) is 50.8 Å². The van der Waals surface area contributed by atoms with E-state index in [0.717, 1.165) is 11.3 Å². The Morgan fingerprint density at radius 3 is 2.00 bits per heavy atom. The molecule has 82 valence electrons. The molecular weight excluding hydrogens is 199 g/mol. The van der Waals surface area contributed by atoms with Gasteiger partial charge in [-0.05, 0) is 42.3 Å². The highest BCUT2D eigenvalue weighted by Gasteiger charge is 2.34. The topological polar surface area (TPSA) is 0 Å². The number of benzene rings is 1. The molecule has 0 aliphatic carbocycles. The molecule has 1 aromatic carbocycles. The molecule has 0 amide bonds. The first-order chi connectivity index (χ1) is 7.36. The van der Waals surface area contributed by atoms with Crippen LogP contribution in [0.5, 0.6) is 0 Å². The number of hydrogen-bond donors (Lipinski definition) is 0. The van der Waals surface area contributed by atoms with Gasteiger partial charge in [-0.3, -0.25) is 0 Å². The summed E-state index contributed by atoms with van der Waals surface area (Å²) in [6, 6.07) is 11.2. The molecule has 2 rings (SSSR count). The Kier molecular flexibility index (Phi) is 3.81. The Hall–Kier alpha value is -0.350. The second-order valence-corrected chi connectivity index (χ2v) is 7.24. The molecule has 1 saturated heterocycles. The van der Waals surface area contributed by atoms with Gasteiger partial charge in [0, 0.05) is 0 Å². The van der Waals surface area contributed by atoms with Gasteiger partial charge >= 0.3 is 0 Å². The van der Waals surface area contributed by atoms with Crippen molar-refractivity contribution in [2.75, 3.05) is 0 Å². The van der Waals surface area contributed by atoms with E-state index < -0.39 is 0 Å². The highest BCUT2D eigenvalue weighted by atomic mass is 31.1. The first kappa shape index (κ1) is 11.1. The third-order valence-electron chi connectivity index (χ3n) is 3.62. The Morgan fingerprint density at radius 2 is 1.53 bits per heavy atom. The lowest BCUT2D eigenvalue weighted by Gasteiger charge is -2.24. The van der Waals surface area contributed by atoms with Crippen molar-refractivity contribution >= 4 is 13.2 Å². The minimum absolute atomic E-state index is 0.133. The van der Waals surface area contributed by atoms with Crippen LogP contribution in [0.2, 0.25) is 0 Å². The molecule has 1 heteroatoms. The van der Waals surface area contributed by atoms with Gasteiger partial charge < -0.3 is 0 Å². The van der Waals surface area contributed by atoms with Crippen molar-refractivity contribution in [3.63, 3.8) is 0 Å². The molecule has 0 aromatic heterocycles. The first-order valence-electron chi connectivity index (χ1n) is 6.20. The summed E-state index contributed by atoms with van der Waals surface area (Å²) in [6.45, 7) is 4.72. The van der Waals surface area contributed by atoms with Crippen LogP contribution in [0.3, 0.4) is 0 Å². The Morgan fingerprint density at radius 1 is 1.00 bits per heavy atom.